The van der Waals surface area contributed by atoms with Crippen molar-refractivity contribution in [2.75, 3.05) is 48.0 Å². The highest BCUT2D eigenvalue weighted by Crippen LogP contribution is 2.28. The third kappa shape index (κ3) is 11.4. The van der Waals surface area contributed by atoms with E-state index < -0.39 is 0 Å². The first-order chi connectivity index (χ1) is 12.4. The van der Waals surface area contributed by atoms with Crippen LogP contribution in [0.2, 0.25) is 0 Å². The number of quaternary nitrogens is 1. The smallest absolute Gasteiger partial charge is 0.338 e. The predicted molar refractivity (Wildman–Crippen MR) is 105 cm³/mol. The molecule has 0 unspecified atom stereocenters. The minimum Gasteiger partial charge on any atom is -1.00 e. The van der Waals surface area contributed by atoms with Crippen LogP contribution in [-0.2, 0) is 4.74 Å². The summed E-state index contributed by atoms with van der Waals surface area (Å²) in [7, 11) is 8.06. The maximum Gasteiger partial charge on any atom is 0.338 e. The lowest BCUT2D eigenvalue weighted by molar-refractivity contribution is -0.870. The van der Waals surface area contributed by atoms with Gasteiger partial charge in [-0.05, 0) is 37.5 Å². The van der Waals surface area contributed by atoms with Crippen LogP contribution in [0.1, 0.15) is 55.8 Å². The summed E-state index contributed by atoms with van der Waals surface area (Å²) in [4.78, 5) is 12.2. The zero-order valence-corrected chi connectivity index (χ0v) is 19.7. The minimum atomic E-state index is -0.317. The van der Waals surface area contributed by atoms with Gasteiger partial charge in [-0.3, -0.25) is 0 Å². The molecule has 27 heavy (non-hydrogen) atoms. The van der Waals surface area contributed by atoms with E-state index in [0.717, 1.165) is 36.7 Å². The Labute approximate surface area is 182 Å². The Bertz CT molecular complexity index is 543. The second kappa shape index (κ2) is 14.0. The van der Waals surface area contributed by atoms with Gasteiger partial charge in [-0.1, -0.05) is 26.2 Å². The average Bonchev–Trinajstić information content (AvgIpc) is 2.60. The molecule has 6 heteroatoms. The first kappa shape index (κ1) is 26.0. The van der Waals surface area contributed by atoms with Crippen molar-refractivity contribution in [3.05, 3.63) is 23.8 Å². The van der Waals surface area contributed by atoms with E-state index in [1.807, 2.05) is 0 Å². The van der Waals surface area contributed by atoms with Crippen molar-refractivity contribution < 1.29 is 47.5 Å². The molecule has 0 aliphatic heterocycles. The fourth-order valence-corrected chi connectivity index (χ4v) is 2.56. The fraction of sp³-hybridized carbons (Fsp3) is 0.667. The van der Waals surface area contributed by atoms with Crippen LogP contribution in [0.3, 0.4) is 0 Å². The first-order valence-electron chi connectivity index (χ1n) is 9.66. The number of esters is 1. The van der Waals surface area contributed by atoms with E-state index >= 15 is 0 Å². The lowest BCUT2D eigenvalue weighted by Gasteiger charge is -2.23. The molecular weight excluding hydrogens is 457 g/mol. The Kier molecular flexibility index (Phi) is 13.5. The monoisotopic (exact) mass is 493 g/mol. The molecule has 0 amide bonds. The zero-order chi connectivity index (χ0) is 19.4. The summed E-state index contributed by atoms with van der Waals surface area (Å²) in [5, 5.41) is 0. The Morgan fingerprint density at radius 1 is 0.963 bits per heavy atom. The van der Waals surface area contributed by atoms with Gasteiger partial charge in [0.2, 0.25) is 0 Å². The lowest BCUT2D eigenvalue weighted by Crippen LogP contribution is -3.00. The van der Waals surface area contributed by atoms with Gasteiger partial charge in [0.05, 0.1) is 53.6 Å². The lowest BCUT2D eigenvalue weighted by atomic mass is 10.2. The molecule has 156 valence electrons. The molecule has 0 spiro atoms. The van der Waals surface area contributed by atoms with E-state index in [1.165, 1.54) is 12.8 Å². The summed E-state index contributed by atoms with van der Waals surface area (Å²) in [5.41, 5.74) is 0.492. The van der Waals surface area contributed by atoms with Crippen LogP contribution in [0.15, 0.2) is 18.2 Å². The van der Waals surface area contributed by atoms with Gasteiger partial charge < -0.3 is 42.7 Å². The molecule has 0 saturated carbocycles. The van der Waals surface area contributed by atoms with Gasteiger partial charge in [0, 0.05) is 0 Å². The number of methoxy groups -OCH3 is 1. The highest BCUT2D eigenvalue weighted by molar-refractivity contribution is 5.90. The molecule has 0 bridgehead atoms. The zero-order valence-electron chi connectivity index (χ0n) is 17.6. The molecule has 0 N–H and O–H groups in total. The van der Waals surface area contributed by atoms with E-state index in [0.29, 0.717) is 30.3 Å². The number of nitrogens with zero attached hydrogens (tertiary/aromatic N) is 1. The van der Waals surface area contributed by atoms with Crippen molar-refractivity contribution in [2.24, 2.45) is 0 Å². The number of hydrogen-bond donors (Lipinski definition) is 0. The normalized spacial score (nSPS) is 10.9. The van der Waals surface area contributed by atoms with Crippen LogP contribution in [0, 0.1) is 0 Å². The Morgan fingerprint density at radius 2 is 1.67 bits per heavy atom. The van der Waals surface area contributed by atoms with Crippen molar-refractivity contribution in [2.45, 2.75) is 45.4 Å². The Morgan fingerprint density at radius 3 is 2.30 bits per heavy atom. The number of rotatable bonds is 13. The van der Waals surface area contributed by atoms with Crippen LogP contribution in [0.5, 0.6) is 11.5 Å². The summed E-state index contributed by atoms with van der Waals surface area (Å²) in [6, 6.07) is 5.21. The summed E-state index contributed by atoms with van der Waals surface area (Å²) in [6.45, 7) is 4.35. The van der Waals surface area contributed by atoms with Crippen molar-refractivity contribution in [3.8, 4) is 11.5 Å². The molecule has 0 radical (unpaired) electrons. The van der Waals surface area contributed by atoms with E-state index in [1.54, 1.807) is 25.3 Å². The predicted octanol–water partition coefficient (Wildman–Crippen LogP) is 1.30. The van der Waals surface area contributed by atoms with E-state index in [4.69, 9.17) is 14.2 Å². The van der Waals surface area contributed by atoms with Gasteiger partial charge in [-0.15, -0.1) is 0 Å². The van der Waals surface area contributed by atoms with Crippen molar-refractivity contribution >= 4 is 5.97 Å². The SMILES string of the molecule is CCCCCCOc1ccc(C(=O)OCCCC[N+](C)(C)C)cc1OC.[I-]. The molecule has 1 aromatic rings. The standard InChI is InChI=1S/C21H36NO4.HI/c1-6-7-8-10-15-25-19-13-12-18(17-20(19)24-5)21(23)26-16-11-9-14-22(2,3)4;/h12-13,17H,6-11,14-16H2,1-5H3;1H/q+1;/p-1. The van der Waals surface area contributed by atoms with Crippen molar-refractivity contribution in [1.82, 2.24) is 0 Å². The fourth-order valence-electron chi connectivity index (χ4n) is 2.56. The van der Waals surface area contributed by atoms with Crippen LogP contribution in [0.25, 0.3) is 0 Å². The third-order valence-electron chi connectivity index (χ3n) is 4.11. The molecule has 0 saturated heterocycles. The quantitative estimate of drug-likeness (QED) is 0.180. The van der Waals surface area contributed by atoms with E-state index in [2.05, 4.69) is 28.1 Å². The Hall–Kier alpha value is -1.02. The average molecular weight is 493 g/mol. The van der Waals surface area contributed by atoms with Gasteiger partial charge in [-0.25, -0.2) is 4.79 Å². The summed E-state index contributed by atoms with van der Waals surface area (Å²) in [6.07, 6.45) is 6.52. The number of halogens is 1. The summed E-state index contributed by atoms with van der Waals surface area (Å²) >= 11 is 0. The van der Waals surface area contributed by atoms with Crippen LogP contribution in [-0.4, -0.2) is 58.5 Å². The van der Waals surface area contributed by atoms with Crippen molar-refractivity contribution in [1.29, 1.82) is 0 Å². The number of benzene rings is 1. The molecule has 0 aromatic heterocycles. The largest absolute Gasteiger partial charge is 1.00 e. The minimum absolute atomic E-state index is 0. The molecule has 0 fully saturated rings. The molecule has 1 rings (SSSR count). The number of hydrogen-bond acceptors (Lipinski definition) is 4. The van der Waals surface area contributed by atoms with E-state index in [9.17, 15) is 4.79 Å². The number of carbonyl (C=O) groups is 1. The molecule has 1 aromatic carbocycles. The highest BCUT2D eigenvalue weighted by atomic mass is 127. The van der Waals surface area contributed by atoms with Crippen LogP contribution in [0.4, 0.5) is 0 Å². The number of ether oxygens (including phenoxy) is 3. The maximum atomic E-state index is 12.2. The molecule has 0 atom stereocenters. The van der Waals surface area contributed by atoms with Crippen LogP contribution < -0.4 is 33.5 Å². The van der Waals surface area contributed by atoms with Gasteiger partial charge in [0.1, 0.15) is 0 Å². The Balaban J connectivity index is 0.00000676. The maximum absolute atomic E-state index is 12.2. The third-order valence-corrected chi connectivity index (χ3v) is 4.11. The van der Waals surface area contributed by atoms with Crippen LogP contribution >= 0.6 is 0 Å². The van der Waals surface area contributed by atoms with Gasteiger partial charge in [0.15, 0.2) is 11.5 Å². The highest BCUT2D eigenvalue weighted by Gasteiger charge is 2.13. The molecule has 0 aliphatic rings. The van der Waals surface area contributed by atoms with Gasteiger partial charge in [0.25, 0.3) is 0 Å². The topological polar surface area (TPSA) is 44.8 Å². The van der Waals surface area contributed by atoms with Gasteiger partial charge >= 0.3 is 5.97 Å². The number of unbranched alkanes of at least 4 members (excludes halogenated alkanes) is 4. The number of carbonyl (C=O) groups excluding carboxylic acids is 1. The van der Waals surface area contributed by atoms with Gasteiger partial charge in [-0.2, -0.15) is 0 Å². The molecular formula is C21H36INO4. The second-order valence-electron chi connectivity index (χ2n) is 7.63. The van der Waals surface area contributed by atoms with Crippen molar-refractivity contribution in [3.63, 3.8) is 0 Å². The molecule has 0 heterocycles. The van der Waals surface area contributed by atoms with E-state index in [-0.39, 0.29) is 29.9 Å². The molecule has 5 nitrogen and oxygen atoms in total. The second-order valence-corrected chi connectivity index (χ2v) is 7.63. The molecule has 0 aliphatic carbocycles. The first-order valence-corrected chi connectivity index (χ1v) is 9.66. The summed E-state index contributed by atoms with van der Waals surface area (Å²) in [5.74, 6) is 0.923. The summed E-state index contributed by atoms with van der Waals surface area (Å²) < 4.78 is 17.4.